The summed E-state index contributed by atoms with van der Waals surface area (Å²) in [6.07, 6.45) is 0. The molecule has 4 N–H and O–H groups in total. The third-order valence-electron chi connectivity index (χ3n) is 1.27. The van der Waals surface area contributed by atoms with Crippen molar-refractivity contribution in [3.8, 4) is 0 Å². The molecule has 5 nitrogen and oxygen atoms in total. The first-order chi connectivity index (χ1) is 10.8. The summed E-state index contributed by atoms with van der Waals surface area (Å²) in [6, 6.07) is 0. The van der Waals surface area contributed by atoms with Gasteiger partial charge in [0.2, 0.25) is 0 Å². The number of thiocarbonyl (C=S) groups is 1. The quantitative estimate of drug-likeness (QED) is 0.241. The molecule has 0 aliphatic carbocycles. The first kappa shape index (κ1) is 33.5. The van der Waals surface area contributed by atoms with Crippen molar-refractivity contribution in [3.63, 3.8) is 0 Å². The monoisotopic (exact) mass is 989 g/mol. The first-order valence-corrected chi connectivity index (χ1v) is 26.7. The van der Waals surface area contributed by atoms with Crippen molar-refractivity contribution in [3.05, 3.63) is 11.1 Å². The Morgan fingerprint density at radius 2 is 1.83 bits per heavy atom. The van der Waals surface area contributed by atoms with Crippen LogP contribution in [-0.2, 0) is 4.79 Å². The van der Waals surface area contributed by atoms with Crippen LogP contribution in [0.1, 0.15) is 12.6 Å². The molecule has 23 heavy (non-hydrogen) atoms. The number of alkyl halides is 1. The Morgan fingerprint density at radius 1 is 1.48 bits per heavy atom. The summed E-state index contributed by atoms with van der Waals surface area (Å²) >= 11 is 18.5. The Morgan fingerprint density at radius 3 is 1.91 bits per heavy atom. The molecule has 0 unspecified atom stereocenters. The number of hydrogen-bond acceptors (Lipinski definition) is 5. The van der Waals surface area contributed by atoms with Gasteiger partial charge in [0.05, 0.1) is 11.0 Å². The van der Waals surface area contributed by atoms with E-state index in [4.69, 9.17) is 5.73 Å². The standard InChI is InChI=1S/C5H8N2S.C3H5BrO.C2H6N2S.I3.I2/c1-4-3-8-5(6-2)7-4;1-3(5)2-4;1-4-2(3)5;1-3-2;1-2/h3H,1-2H3,(H,6,7);2H2,1H3;1H3,(H3,3,4,5);;/q;;;-1;. The number of rotatable bonds is 2. The van der Waals surface area contributed by atoms with Crippen LogP contribution < -0.4 is 29.6 Å². The number of carbonyl (C=O) groups is 1. The molecule has 0 spiro atoms. The van der Waals surface area contributed by atoms with Gasteiger partial charge in [-0.25, -0.2) is 4.98 Å². The van der Waals surface area contributed by atoms with Gasteiger partial charge in [0, 0.05) is 56.7 Å². The molecule has 0 saturated carbocycles. The summed E-state index contributed by atoms with van der Waals surface area (Å²) in [5, 5.41) is 9.32. The number of nitrogens with one attached hydrogen (secondary N) is 2. The summed E-state index contributed by atoms with van der Waals surface area (Å²) < 4.78 is 0. The molecule has 0 amide bonds. The van der Waals surface area contributed by atoms with E-state index < -0.39 is 0 Å². The van der Waals surface area contributed by atoms with E-state index in [1.165, 1.54) is 6.92 Å². The van der Waals surface area contributed by atoms with Gasteiger partial charge in [0.15, 0.2) is 10.2 Å². The van der Waals surface area contributed by atoms with Crippen molar-refractivity contribution in [2.24, 2.45) is 5.73 Å². The predicted molar refractivity (Wildman–Crippen MR) is 143 cm³/mol. The Hall–Kier alpha value is 2.92. The van der Waals surface area contributed by atoms with Gasteiger partial charge in [-0.1, -0.05) is 15.9 Å². The van der Waals surface area contributed by atoms with Crippen LogP contribution in [0, 0.1) is 6.92 Å². The second-order valence-electron chi connectivity index (χ2n) is 3.05. The molecule has 1 heterocycles. The van der Waals surface area contributed by atoms with Crippen molar-refractivity contribution in [1.82, 2.24) is 10.3 Å². The number of Topliss-reactive ketones (excluding diaryl/α,β-unsaturated/α-hetero) is 1. The number of halogens is 6. The SMILES string of the molecule is CC(=O)CBr.CNC(N)=S.CNc1nc(C)cs1.II.I[I-]I. The van der Waals surface area contributed by atoms with Crippen molar-refractivity contribution in [2.45, 2.75) is 13.8 Å². The van der Waals surface area contributed by atoms with Crippen LogP contribution in [0.25, 0.3) is 0 Å². The van der Waals surface area contributed by atoms with E-state index in [2.05, 4.69) is 118 Å². The zero-order valence-corrected chi connectivity index (χ0v) is 26.8. The Balaban J connectivity index is -0.000000107. The summed E-state index contributed by atoms with van der Waals surface area (Å²) in [6.45, 7) is 3.52. The Labute approximate surface area is 209 Å². The molecule has 0 aromatic carbocycles. The summed E-state index contributed by atoms with van der Waals surface area (Å²) in [5.41, 5.74) is 5.99. The topological polar surface area (TPSA) is 80.0 Å². The van der Waals surface area contributed by atoms with Crippen molar-refractivity contribution in [1.29, 1.82) is 0 Å². The van der Waals surface area contributed by atoms with Gasteiger partial charge >= 0.3 is 50.5 Å². The number of anilines is 1. The van der Waals surface area contributed by atoms with E-state index in [0.29, 0.717) is 23.7 Å². The zero-order chi connectivity index (χ0) is 19.3. The number of aromatic nitrogens is 1. The molecule has 0 bridgehead atoms. The van der Waals surface area contributed by atoms with Gasteiger partial charge < -0.3 is 16.4 Å². The number of carbonyl (C=O) groups excluding carboxylic acids is 1. The van der Waals surface area contributed by atoms with E-state index in [-0.39, 0.29) is 5.78 Å². The molecule has 1 aromatic heterocycles. The van der Waals surface area contributed by atoms with E-state index in [0.717, 1.165) is 10.8 Å². The third-order valence-corrected chi connectivity index (χ3v) is 3.24. The maximum atomic E-state index is 9.77. The molecular weight excluding hydrogens is 971 g/mol. The normalized spacial score (nSPS) is 7.52. The number of ketones is 1. The van der Waals surface area contributed by atoms with Crippen molar-refractivity contribution < 1.29 is 18.0 Å². The summed E-state index contributed by atoms with van der Waals surface area (Å²) in [7, 11) is 3.56. The molecule has 0 aliphatic rings. The molecule has 140 valence electrons. The number of hydrogen-bond donors (Lipinski definition) is 3. The average molecular weight is 990 g/mol. The average Bonchev–Trinajstić information content (AvgIpc) is 2.97. The molecule has 1 rings (SSSR count). The van der Waals surface area contributed by atoms with E-state index >= 15 is 0 Å². The Kier molecular flexibility index (Phi) is 43.2. The van der Waals surface area contributed by atoms with Gasteiger partial charge in [-0.3, -0.25) is 4.79 Å². The predicted octanol–water partition coefficient (Wildman–Crippen LogP) is 2.46. The van der Waals surface area contributed by atoms with Crippen LogP contribution >= 0.6 is 114 Å². The van der Waals surface area contributed by atoms with Gasteiger partial charge in [-0.2, -0.15) is 0 Å². The molecule has 0 aliphatic heterocycles. The van der Waals surface area contributed by atoms with Crippen molar-refractivity contribution in [2.75, 3.05) is 24.7 Å². The van der Waals surface area contributed by atoms with Crippen LogP contribution in [0.5, 0.6) is 0 Å². The fraction of sp³-hybridized carbons (Fsp3) is 0.500. The van der Waals surface area contributed by atoms with Crippen LogP contribution in [-0.4, -0.2) is 35.3 Å². The molecule has 0 atom stereocenters. The Bertz CT molecular complexity index is 374. The molecule has 0 saturated heterocycles. The fourth-order valence-electron chi connectivity index (χ4n) is 0.469. The van der Waals surface area contributed by atoms with Crippen molar-refractivity contribution >= 4 is 130 Å². The number of aryl methyl sites for hydroxylation is 1. The van der Waals surface area contributed by atoms with Crippen LogP contribution in [0.4, 0.5) is 5.13 Å². The number of nitrogens with zero attached hydrogens (tertiary/aromatic N) is 1. The molecule has 13 heteroatoms. The van der Waals surface area contributed by atoms with Crippen LogP contribution in [0.2, 0.25) is 0 Å². The molecular formula is C10H19BrI5N4OS2-. The van der Waals surface area contributed by atoms with E-state index in [1.807, 2.05) is 19.4 Å². The van der Waals surface area contributed by atoms with Gasteiger partial charge in [0.1, 0.15) is 5.78 Å². The second-order valence-corrected chi connectivity index (χ2v) is 21.2. The van der Waals surface area contributed by atoms with E-state index in [9.17, 15) is 4.79 Å². The minimum atomic E-state index is 0.171. The number of nitrogens with two attached hydrogens (primary N) is 1. The van der Waals surface area contributed by atoms with Gasteiger partial charge in [-0.15, -0.1) is 11.3 Å². The molecule has 0 radical (unpaired) electrons. The molecule has 1 aromatic rings. The fourth-order valence-corrected chi connectivity index (χ4v) is 1.12. The van der Waals surface area contributed by atoms with Gasteiger partial charge in [0.25, 0.3) is 0 Å². The maximum absolute atomic E-state index is 9.77. The summed E-state index contributed by atoms with van der Waals surface area (Å²) in [5.74, 6) is 0.171. The first-order valence-electron chi connectivity index (χ1n) is 5.42. The van der Waals surface area contributed by atoms with Crippen LogP contribution in [0.3, 0.4) is 0 Å². The summed E-state index contributed by atoms with van der Waals surface area (Å²) in [4.78, 5) is 13.9. The zero-order valence-electron chi connectivity index (χ0n) is 12.8. The third kappa shape index (κ3) is 40.8. The molecule has 0 fully saturated rings. The minimum absolute atomic E-state index is 0.171. The van der Waals surface area contributed by atoms with E-state index in [1.54, 1.807) is 18.4 Å². The van der Waals surface area contributed by atoms with Gasteiger partial charge in [-0.05, 0) is 26.1 Å². The van der Waals surface area contributed by atoms with Crippen LogP contribution in [0.15, 0.2) is 5.38 Å². The number of thiazole rings is 1. The second kappa shape index (κ2) is 29.7.